The zero-order valence-corrected chi connectivity index (χ0v) is 42.1. The van der Waals surface area contributed by atoms with Gasteiger partial charge in [-0.1, -0.05) is 24.3 Å². The van der Waals surface area contributed by atoms with Crippen molar-refractivity contribution in [1.29, 1.82) is 5.26 Å². The molecule has 0 bridgehead atoms. The van der Waals surface area contributed by atoms with Crippen molar-refractivity contribution in [2.24, 2.45) is 0 Å². The number of imide groups is 2. The average Bonchev–Trinajstić information content (AvgIpc) is 3.94. The Kier molecular flexibility index (Phi) is 17.2. The number of aromatic nitrogens is 4. The molecule has 0 spiro atoms. The number of carbonyl (C=O) groups excluding carboxylic acids is 6. The van der Waals surface area contributed by atoms with Gasteiger partial charge in [0.2, 0.25) is 17.7 Å². The summed E-state index contributed by atoms with van der Waals surface area (Å²) in [5.41, 5.74) is 8.25. The lowest BCUT2D eigenvalue weighted by Crippen LogP contribution is -2.54. The van der Waals surface area contributed by atoms with E-state index in [4.69, 9.17) is 29.8 Å². The summed E-state index contributed by atoms with van der Waals surface area (Å²) < 4.78 is 24.8. The predicted molar refractivity (Wildman–Crippen MR) is 274 cm³/mol. The van der Waals surface area contributed by atoms with Gasteiger partial charge in [-0.05, 0) is 94.8 Å². The highest BCUT2D eigenvalue weighted by Gasteiger charge is 2.45. The van der Waals surface area contributed by atoms with E-state index in [1.165, 1.54) is 12.4 Å². The van der Waals surface area contributed by atoms with Crippen LogP contribution in [-0.4, -0.2) is 161 Å². The summed E-state index contributed by atoms with van der Waals surface area (Å²) in [6, 6.07) is 22.5. The van der Waals surface area contributed by atoms with Gasteiger partial charge in [0.25, 0.3) is 17.7 Å². The van der Waals surface area contributed by atoms with Crippen LogP contribution in [0.15, 0.2) is 90.8 Å². The molecule has 3 aliphatic rings. The number of ether oxygens (including phenoxy) is 4. The predicted octanol–water partition coefficient (Wildman–Crippen LogP) is 3.87. The summed E-state index contributed by atoms with van der Waals surface area (Å²) in [6.45, 7) is 7.13. The molecule has 8 rings (SSSR count). The molecule has 392 valence electrons. The highest BCUT2D eigenvalue weighted by Crippen LogP contribution is 2.36. The summed E-state index contributed by atoms with van der Waals surface area (Å²) in [4.78, 5) is 90.3. The van der Waals surface area contributed by atoms with Crippen molar-refractivity contribution in [2.75, 3.05) is 90.5 Å². The summed E-state index contributed by atoms with van der Waals surface area (Å²) in [6.07, 6.45) is 4.60. The van der Waals surface area contributed by atoms with Crippen molar-refractivity contribution in [1.82, 2.24) is 45.1 Å². The van der Waals surface area contributed by atoms with E-state index in [1.807, 2.05) is 85.1 Å². The van der Waals surface area contributed by atoms with Crippen molar-refractivity contribution in [3.63, 3.8) is 0 Å². The van der Waals surface area contributed by atoms with Crippen LogP contribution < -0.4 is 26.4 Å². The number of hydrogen-bond acceptors (Lipinski definition) is 17. The molecule has 0 radical (unpaired) electrons. The molecular formula is C53H60N12O10. The molecule has 75 heavy (non-hydrogen) atoms. The molecule has 5 heterocycles. The lowest BCUT2D eigenvalue weighted by molar-refractivity contribution is -0.136. The number of benzene rings is 3. The molecule has 0 aliphatic carbocycles. The number of likely N-dealkylation sites (tertiary alicyclic amines) is 1. The minimum Gasteiger partial charge on any atom is -0.457 e. The number of nitrogen functional groups attached to an aromatic ring is 1. The maximum atomic E-state index is 14.0. The van der Waals surface area contributed by atoms with Crippen molar-refractivity contribution in [3.8, 4) is 28.8 Å². The van der Waals surface area contributed by atoms with Gasteiger partial charge in [-0.2, -0.15) is 10.4 Å². The number of piperidine rings is 2. The number of nitrogens with two attached hydrogens (primary N) is 1. The topological polar surface area (TPSA) is 279 Å². The van der Waals surface area contributed by atoms with E-state index in [1.54, 1.807) is 23.1 Å². The quantitative estimate of drug-likeness (QED) is 0.0313. The number of hydrogen-bond donors (Lipinski definition) is 4. The third-order valence-corrected chi connectivity index (χ3v) is 13.3. The maximum absolute atomic E-state index is 14.0. The van der Waals surface area contributed by atoms with Gasteiger partial charge in [-0.25, -0.2) is 14.6 Å². The molecule has 22 nitrogen and oxygen atoms in total. The average molecular weight is 1030 g/mol. The molecule has 2 saturated heterocycles. The standard InChI is InChI=1S/C53H60N12O10/c1-53(2,29-35(30-54)50(69)63-21-8-9-36(32-63)65-48-45(47(55)58-33-59-48)46(61-65)34-14-16-38(17-15-34)75-37-10-5-4-6-11-37)62(3)22-24-73-26-28-74-27-25-72-23-20-56-43(67)31-57-40-13-7-12-39-44(40)52(71)64(51(39)70)41-18-19-42(66)60-49(41)68/h4-7,10-17,29,33,36,41,57H,8-9,18-28,31-32H2,1-3H3,(H,56,67)(H2,55,58,59)(H,60,66,68). The highest BCUT2D eigenvalue weighted by atomic mass is 16.5. The molecule has 22 heteroatoms. The lowest BCUT2D eigenvalue weighted by atomic mass is 9.98. The third-order valence-electron chi connectivity index (χ3n) is 13.3. The first-order valence-electron chi connectivity index (χ1n) is 24.8. The van der Waals surface area contributed by atoms with E-state index in [-0.39, 0.29) is 79.4 Å². The van der Waals surface area contributed by atoms with E-state index in [2.05, 4.69) is 32.0 Å². The van der Waals surface area contributed by atoms with E-state index < -0.39 is 35.2 Å². The fraction of sp³-hybridized carbons (Fsp3) is 0.396. The number of anilines is 2. The first-order chi connectivity index (χ1) is 36.2. The summed E-state index contributed by atoms with van der Waals surface area (Å²) >= 11 is 0. The third kappa shape index (κ3) is 12.6. The molecule has 5 aromatic rings. The van der Waals surface area contributed by atoms with Crippen LogP contribution in [0.3, 0.4) is 0 Å². The molecule has 2 aromatic heterocycles. The van der Waals surface area contributed by atoms with Crippen LogP contribution in [0.5, 0.6) is 11.5 Å². The molecule has 2 unspecified atom stereocenters. The number of carbonyl (C=O) groups is 6. The fourth-order valence-electron chi connectivity index (χ4n) is 9.07. The molecule has 2 atom stereocenters. The fourth-order valence-corrected chi connectivity index (χ4v) is 9.07. The van der Waals surface area contributed by atoms with Crippen molar-refractivity contribution in [3.05, 3.63) is 102 Å². The Morgan fingerprint density at radius 2 is 1.63 bits per heavy atom. The number of rotatable bonds is 23. The van der Waals surface area contributed by atoms with Crippen LogP contribution in [0.1, 0.15) is 66.3 Å². The lowest BCUT2D eigenvalue weighted by Gasteiger charge is -2.35. The van der Waals surface area contributed by atoms with Crippen LogP contribution in [0, 0.1) is 11.3 Å². The van der Waals surface area contributed by atoms with Gasteiger partial charge in [0.1, 0.15) is 47.0 Å². The Labute approximate surface area is 433 Å². The van der Waals surface area contributed by atoms with Gasteiger partial charge in [-0.3, -0.25) is 43.9 Å². The van der Waals surface area contributed by atoms with Crippen molar-refractivity contribution < 1.29 is 47.7 Å². The Morgan fingerprint density at radius 1 is 0.907 bits per heavy atom. The van der Waals surface area contributed by atoms with E-state index in [9.17, 15) is 34.0 Å². The molecule has 5 N–H and O–H groups in total. The molecule has 6 amide bonds. The monoisotopic (exact) mass is 1020 g/mol. The summed E-state index contributed by atoms with van der Waals surface area (Å²) in [7, 11) is 1.90. The Hall–Kier alpha value is -8.10. The first kappa shape index (κ1) is 53.2. The minimum atomic E-state index is -1.09. The van der Waals surface area contributed by atoms with Crippen LogP contribution in [-0.2, 0) is 33.4 Å². The second kappa shape index (κ2) is 24.3. The van der Waals surface area contributed by atoms with E-state index >= 15 is 0 Å². The number of nitrogens with zero attached hydrogens (tertiary/aromatic N) is 8. The Balaban J connectivity index is 0.718. The number of nitrogens with one attached hydrogen (secondary N) is 3. The minimum absolute atomic E-state index is 0.0111. The SMILES string of the molecule is CN(CCOCCOCCOCCNC(=O)CNc1cccc2c1C(=O)N(C1CCC(=O)NC1=O)C2=O)C(C)(C)C=C(C#N)C(=O)N1CCCC(n2nc(-c3ccc(Oc4ccccc4)cc3)c3c(N)ncnc32)C1. The molecule has 2 fully saturated rings. The van der Waals surface area contributed by atoms with Gasteiger partial charge in [0.05, 0.1) is 68.7 Å². The van der Waals surface area contributed by atoms with Crippen LogP contribution >= 0.6 is 0 Å². The number of nitriles is 1. The molecule has 0 saturated carbocycles. The Morgan fingerprint density at radius 3 is 2.36 bits per heavy atom. The summed E-state index contributed by atoms with van der Waals surface area (Å²) in [5, 5.41) is 23.7. The smallest absolute Gasteiger partial charge is 0.264 e. The molecular weight excluding hydrogens is 965 g/mol. The van der Waals surface area contributed by atoms with Crippen molar-refractivity contribution in [2.45, 2.75) is 57.2 Å². The Bertz CT molecular complexity index is 2990. The second-order valence-electron chi connectivity index (χ2n) is 18.7. The van der Waals surface area contributed by atoms with Crippen LogP contribution in [0.4, 0.5) is 11.5 Å². The van der Waals surface area contributed by atoms with Gasteiger partial charge < -0.3 is 40.2 Å². The van der Waals surface area contributed by atoms with Crippen LogP contribution in [0.25, 0.3) is 22.3 Å². The maximum Gasteiger partial charge on any atom is 0.264 e. The number of amides is 6. The van der Waals surface area contributed by atoms with Gasteiger partial charge >= 0.3 is 0 Å². The first-order valence-corrected chi connectivity index (χ1v) is 24.8. The number of fused-ring (bicyclic) bond motifs is 2. The number of likely N-dealkylation sites (N-methyl/N-ethyl adjacent to an activating group) is 1. The molecule has 3 aliphatic heterocycles. The summed E-state index contributed by atoms with van der Waals surface area (Å²) in [5.74, 6) is -1.50. The van der Waals surface area contributed by atoms with Gasteiger partial charge in [-0.15, -0.1) is 0 Å². The van der Waals surface area contributed by atoms with Crippen LogP contribution in [0.2, 0.25) is 0 Å². The van der Waals surface area contributed by atoms with Crippen molar-refractivity contribution >= 4 is 58.0 Å². The zero-order valence-electron chi connectivity index (χ0n) is 42.1. The zero-order chi connectivity index (χ0) is 53.1. The molecule has 3 aromatic carbocycles. The second-order valence-corrected chi connectivity index (χ2v) is 18.7. The van der Waals surface area contributed by atoms with E-state index in [0.29, 0.717) is 80.8 Å². The van der Waals surface area contributed by atoms with E-state index in [0.717, 1.165) is 22.6 Å². The highest BCUT2D eigenvalue weighted by molar-refractivity contribution is 6.25. The largest absolute Gasteiger partial charge is 0.457 e. The van der Waals surface area contributed by atoms with Gasteiger partial charge in [0, 0.05) is 49.4 Å². The van der Waals surface area contributed by atoms with Gasteiger partial charge in [0.15, 0.2) is 5.65 Å². The number of para-hydroxylation sites is 1. The normalized spacial score (nSPS) is 17.0.